The summed E-state index contributed by atoms with van der Waals surface area (Å²) >= 11 is 0. The zero-order valence-corrected chi connectivity index (χ0v) is 14.3. The van der Waals surface area contributed by atoms with E-state index < -0.39 is 0 Å². The summed E-state index contributed by atoms with van der Waals surface area (Å²) in [4.78, 5) is 14.6. The van der Waals surface area contributed by atoms with Crippen molar-refractivity contribution >= 4 is 5.91 Å². The van der Waals surface area contributed by atoms with Crippen molar-refractivity contribution in [1.82, 2.24) is 14.7 Å². The van der Waals surface area contributed by atoms with Crippen molar-refractivity contribution in [1.29, 1.82) is 0 Å². The van der Waals surface area contributed by atoms with Crippen LogP contribution >= 0.6 is 0 Å². The number of aromatic nitrogens is 2. The topological polar surface area (TPSA) is 58.4 Å². The summed E-state index contributed by atoms with van der Waals surface area (Å²) < 4.78 is 1.89. The van der Waals surface area contributed by atoms with E-state index in [1.165, 1.54) is 25.7 Å². The third-order valence-electron chi connectivity index (χ3n) is 5.50. The zero-order valence-electron chi connectivity index (χ0n) is 14.3. The quantitative estimate of drug-likeness (QED) is 0.927. The lowest BCUT2D eigenvalue weighted by Gasteiger charge is -2.39. The van der Waals surface area contributed by atoms with Crippen LogP contribution in [-0.4, -0.2) is 44.9 Å². The normalized spacial score (nSPS) is 26.2. The predicted octanol–water partition coefficient (Wildman–Crippen LogP) is 2.41. The molecule has 3 rings (SSSR count). The number of nitrogens with zero attached hydrogens (tertiary/aromatic N) is 3. The highest BCUT2D eigenvalue weighted by Gasteiger charge is 2.36. The van der Waals surface area contributed by atoms with Gasteiger partial charge in [0.15, 0.2) is 0 Å². The first-order valence-corrected chi connectivity index (χ1v) is 9.04. The largest absolute Gasteiger partial charge is 0.393 e. The summed E-state index contributed by atoms with van der Waals surface area (Å²) in [5, 5.41) is 14.8. The molecule has 1 saturated carbocycles. The molecular formula is C18H29N3O2. The fourth-order valence-corrected chi connectivity index (χ4v) is 4.07. The molecule has 0 unspecified atom stereocenters. The first kappa shape index (κ1) is 16.5. The minimum Gasteiger partial charge on any atom is -0.393 e. The van der Waals surface area contributed by atoms with E-state index in [0.717, 1.165) is 12.2 Å². The zero-order chi connectivity index (χ0) is 16.4. The predicted molar refractivity (Wildman–Crippen MR) is 89.0 cm³/mol. The minimum absolute atomic E-state index is 0.147. The molecule has 0 spiro atoms. The van der Waals surface area contributed by atoms with Crippen molar-refractivity contribution in [3.63, 3.8) is 0 Å². The highest BCUT2D eigenvalue weighted by Crippen LogP contribution is 2.36. The van der Waals surface area contributed by atoms with Crippen LogP contribution < -0.4 is 0 Å². The average Bonchev–Trinajstić information content (AvgIpc) is 3.18. The summed E-state index contributed by atoms with van der Waals surface area (Å²) in [6.45, 7) is 5.55. The molecule has 23 heavy (non-hydrogen) atoms. The number of aliphatic hydroxyl groups excluding tert-OH is 1. The van der Waals surface area contributed by atoms with Crippen LogP contribution in [0.4, 0.5) is 0 Å². The number of hydrogen-bond donors (Lipinski definition) is 1. The van der Waals surface area contributed by atoms with Gasteiger partial charge >= 0.3 is 0 Å². The molecular weight excluding hydrogens is 290 g/mol. The second-order valence-electron chi connectivity index (χ2n) is 7.46. The molecule has 2 aliphatic rings. The van der Waals surface area contributed by atoms with E-state index in [1.54, 1.807) is 0 Å². The fourth-order valence-electron chi connectivity index (χ4n) is 4.07. The van der Waals surface area contributed by atoms with E-state index in [0.29, 0.717) is 31.3 Å². The molecule has 1 saturated heterocycles. The standard InChI is InChI=1S/C18H29N3O2/c1-13(2)21-10-7-15(19-21)11-18(23)20-9-8-17(22)16(12-20)14-5-3-4-6-14/h7,10,13-14,16-17,22H,3-6,8-9,11-12H2,1-2H3/t16-,17+/m0/s1. The summed E-state index contributed by atoms with van der Waals surface area (Å²) in [5.74, 6) is 1.01. The number of hydrogen-bond acceptors (Lipinski definition) is 3. The summed E-state index contributed by atoms with van der Waals surface area (Å²) in [6.07, 6.45) is 7.76. The van der Waals surface area contributed by atoms with Gasteiger partial charge in [0.25, 0.3) is 0 Å². The highest BCUT2D eigenvalue weighted by atomic mass is 16.3. The molecule has 1 aromatic heterocycles. The van der Waals surface area contributed by atoms with Crippen molar-refractivity contribution < 1.29 is 9.90 Å². The Morgan fingerprint density at radius 2 is 2.09 bits per heavy atom. The second-order valence-corrected chi connectivity index (χ2v) is 7.46. The number of rotatable bonds is 4. The lowest BCUT2D eigenvalue weighted by Crippen LogP contribution is -2.48. The van der Waals surface area contributed by atoms with Gasteiger partial charge in [0.05, 0.1) is 18.2 Å². The van der Waals surface area contributed by atoms with Crippen molar-refractivity contribution in [3.05, 3.63) is 18.0 Å². The molecule has 1 N–H and O–H groups in total. The number of carbonyl (C=O) groups is 1. The Kier molecular flexibility index (Phi) is 5.05. The van der Waals surface area contributed by atoms with E-state index in [-0.39, 0.29) is 17.9 Å². The molecule has 1 amide bonds. The van der Waals surface area contributed by atoms with E-state index in [1.807, 2.05) is 21.8 Å². The van der Waals surface area contributed by atoms with E-state index in [4.69, 9.17) is 0 Å². The third-order valence-corrected chi connectivity index (χ3v) is 5.50. The summed E-state index contributed by atoms with van der Waals surface area (Å²) in [6, 6.07) is 2.25. The first-order valence-electron chi connectivity index (χ1n) is 9.04. The molecule has 1 aliphatic heterocycles. The van der Waals surface area contributed by atoms with Crippen LogP contribution in [0, 0.1) is 11.8 Å². The van der Waals surface area contributed by atoms with Gasteiger partial charge in [0.1, 0.15) is 0 Å². The van der Waals surface area contributed by atoms with Crippen LogP contribution in [0.15, 0.2) is 12.3 Å². The van der Waals surface area contributed by atoms with Gasteiger partial charge in [-0.3, -0.25) is 9.48 Å². The van der Waals surface area contributed by atoms with Gasteiger partial charge in [-0.05, 0) is 32.3 Å². The Morgan fingerprint density at radius 3 is 2.74 bits per heavy atom. The van der Waals surface area contributed by atoms with Crippen LogP contribution in [0.1, 0.15) is 57.7 Å². The Labute approximate surface area is 138 Å². The van der Waals surface area contributed by atoms with Gasteiger partial charge in [-0.25, -0.2) is 0 Å². The number of piperidine rings is 1. The SMILES string of the molecule is CC(C)n1ccc(CC(=O)N2CC[C@@H](O)[C@H](C3CCCC3)C2)n1. The van der Waals surface area contributed by atoms with Gasteiger partial charge in [0, 0.05) is 31.2 Å². The maximum absolute atomic E-state index is 12.6. The minimum atomic E-state index is -0.234. The maximum atomic E-state index is 12.6. The maximum Gasteiger partial charge on any atom is 0.228 e. The molecule has 0 radical (unpaired) electrons. The Bertz CT molecular complexity index is 534. The van der Waals surface area contributed by atoms with Crippen LogP contribution in [-0.2, 0) is 11.2 Å². The molecule has 0 aromatic carbocycles. The number of likely N-dealkylation sites (tertiary alicyclic amines) is 1. The van der Waals surface area contributed by atoms with E-state index in [9.17, 15) is 9.90 Å². The number of amides is 1. The third kappa shape index (κ3) is 3.77. The first-order chi connectivity index (χ1) is 11.0. The van der Waals surface area contributed by atoms with Crippen LogP contribution in [0.3, 0.4) is 0 Å². The van der Waals surface area contributed by atoms with Crippen molar-refractivity contribution in [3.8, 4) is 0 Å². The Hall–Kier alpha value is -1.36. The lowest BCUT2D eigenvalue weighted by atomic mass is 9.82. The van der Waals surface area contributed by atoms with Crippen LogP contribution in [0.5, 0.6) is 0 Å². The smallest absolute Gasteiger partial charge is 0.228 e. The van der Waals surface area contributed by atoms with Gasteiger partial charge < -0.3 is 10.0 Å². The molecule has 128 valence electrons. The van der Waals surface area contributed by atoms with Crippen LogP contribution in [0.2, 0.25) is 0 Å². The van der Waals surface area contributed by atoms with E-state index in [2.05, 4.69) is 18.9 Å². The number of aliphatic hydroxyl groups is 1. The fraction of sp³-hybridized carbons (Fsp3) is 0.778. The second kappa shape index (κ2) is 7.04. The van der Waals surface area contributed by atoms with Gasteiger partial charge in [-0.2, -0.15) is 5.10 Å². The molecule has 5 nitrogen and oxygen atoms in total. The van der Waals surface area contributed by atoms with Crippen LogP contribution in [0.25, 0.3) is 0 Å². The van der Waals surface area contributed by atoms with E-state index >= 15 is 0 Å². The van der Waals surface area contributed by atoms with Crippen molar-refractivity contribution in [2.75, 3.05) is 13.1 Å². The van der Waals surface area contributed by atoms with Gasteiger partial charge in [-0.1, -0.05) is 25.7 Å². The molecule has 0 bridgehead atoms. The molecule has 5 heteroatoms. The molecule has 2 fully saturated rings. The molecule has 2 heterocycles. The number of carbonyl (C=O) groups excluding carboxylic acids is 1. The van der Waals surface area contributed by atoms with Gasteiger partial charge in [0.2, 0.25) is 5.91 Å². The molecule has 1 aliphatic carbocycles. The summed E-state index contributed by atoms with van der Waals surface area (Å²) in [7, 11) is 0. The van der Waals surface area contributed by atoms with Crippen molar-refractivity contribution in [2.24, 2.45) is 11.8 Å². The van der Waals surface area contributed by atoms with Gasteiger partial charge in [-0.15, -0.1) is 0 Å². The monoisotopic (exact) mass is 319 g/mol. The van der Waals surface area contributed by atoms with Crippen molar-refractivity contribution in [2.45, 2.75) is 64.5 Å². The Morgan fingerprint density at radius 1 is 1.35 bits per heavy atom. The molecule has 1 aromatic rings. The lowest BCUT2D eigenvalue weighted by molar-refractivity contribution is -0.135. The summed E-state index contributed by atoms with van der Waals surface area (Å²) in [5.41, 5.74) is 0.840. The highest BCUT2D eigenvalue weighted by molar-refractivity contribution is 5.78. The molecule has 2 atom stereocenters. The Balaban J connectivity index is 1.60. The average molecular weight is 319 g/mol.